The van der Waals surface area contributed by atoms with Gasteiger partial charge in [0.25, 0.3) is 0 Å². The first-order chi connectivity index (χ1) is 11.6. The molecular formula is C16H15ClN4O3. The Morgan fingerprint density at radius 1 is 1.29 bits per heavy atom. The van der Waals surface area contributed by atoms with Crippen molar-refractivity contribution in [2.24, 2.45) is 0 Å². The Kier molecular flexibility index (Phi) is 4.46. The van der Waals surface area contributed by atoms with Crippen LogP contribution in [0.1, 0.15) is 21.9 Å². The number of rotatable bonds is 4. The molecule has 0 aliphatic heterocycles. The van der Waals surface area contributed by atoms with Crippen LogP contribution < -0.4 is 0 Å². The molecule has 1 aromatic carbocycles. The van der Waals surface area contributed by atoms with Gasteiger partial charge in [-0.2, -0.15) is 5.10 Å². The van der Waals surface area contributed by atoms with Gasteiger partial charge in [0.2, 0.25) is 0 Å². The number of esters is 1. The molecule has 0 radical (unpaired) electrons. The molecule has 2 heterocycles. The van der Waals surface area contributed by atoms with Crippen LogP contribution in [0.2, 0.25) is 5.02 Å². The normalized spacial score (nSPS) is 11.0. The number of carbonyl (C=O) groups excluding carboxylic acids is 1. The summed E-state index contributed by atoms with van der Waals surface area (Å²) in [4.78, 5) is 11.8. The minimum atomic E-state index is -0.560. The number of nitrogens with zero attached hydrogens (tertiary/aromatic N) is 4. The molecule has 0 spiro atoms. The molecule has 0 bridgehead atoms. The van der Waals surface area contributed by atoms with Crippen LogP contribution in [0.5, 0.6) is 0 Å². The maximum absolute atomic E-state index is 11.8. The number of methoxy groups -OCH3 is 2. The topological polar surface area (TPSA) is 78.6 Å². The highest BCUT2D eigenvalue weighted by Gasteiger charge is 2.22. The fourth-order valence-corrected chi connectivity index (χ4v) is 2.70. The minimum absolute atomic E-state index is 0.120. The Hall–Kier alpha value is -2.51. The molecule has 0 saturated heterocycles. The highest BCUT2D eigenvalue weighted by molar-refractivity contribution is 6.30. The van der Waals surface area contributed by atoms with E-state index in [9.17, 15) is 4.79 Å². The van der Waals surface area contributed by atoms with Gasteiger partial charge >= 0.3 is 5.97 Å². The second-order valence-electron chi connectivity index (χ2n) is 5.13. The van der Waals surface area contributed by atoms with Gasteiger partial charge in [0.05, 0.1) is 30.7 Å². The van der Waals surface area contributed by atoms with Crippen molar-refractivity contribution in [2.75, 3.05) is 14.2 Å². The van der Waals surface area contributed by atoms with Gasteiger partial charge in [-0.05, 0) is 24.6 Å². The SMILES string of the molecule is COCc1nn2c(C)c(C(=O)OC)nnc2c1-c1cccc(Cl)c1. The summed E-state index contributed by atoms with van der Waals surface area (Å²) >= 11 is 6.10. The molecule has 0 fully saturated rings. The third kappa shape index (κ3) is 2.72. The van der Waals surface area contributed by atoms with Gasteiger partial charge in [-0.3, -0.25) is 0 Å². The van der Waals surface area contributed by atoms with Crippen LogP contribution in [-0.4, -0.2) is 40.0 Å². The summed E-state index contributed by atoms with van der Waals surface area (Å²) in [5.74, 6) is -0.560. The van der Waals surface area contributed by atoms with Crippen molar-refractivity contribution >= 4 is 23.2 Å². The average Bonchev–Trinajstić information content (AvgIpc) is 2.94. The highest BCUT2D eigenvalue weighted by Crippen LogP contribution is 2.30. The van der Waals surface area contributed by atoms with Crippen LogP contribution in [0.4, 0.5) is 0 Å². The van der Waals surface area contributed by atoms with E-state index in [-0.39, 0.29) is 12.3 Å². The van der Waals surface area contributed by atoms with Crippen LogP contribution in [0, 0.1) is 6.92 Å². The van der Waals surface area contributed by atoms with Gasteiger partial charge in [-0.15, -0.1) is 10.2 Å². The largest absolute Gasteiger partial charge is 0.464 e. The summed E-state index contributed by atoms with van der Waals surface area (Å²) in [6, 6.07) is 7.37. The summed E-state index contributed by atoms with van der Waals surface area (Å²) < 4.78 is 11.5. The standard InChI is InChI=1S/C16H15ClN4O3/c1-9-14(16(22)24-3)18-19-15-13(10-5-4-6-11(17)7-10)12(8-23-2)20-21(9)15/h4-7H,8H2,1-3H3. The van der Waals surface area contributed by atoms with Gasteiger partial charge in [-0.25, -0.2) is 9.31 Å². The Labute approximate surface area is 143 Å². The summed E-state index contributed by atoms with van der Waals surface area (Å²) in [6.45, 7) is 2.03. The van der Waals surface area contributed by atoms with Crippen molar-refractivity contribution in [1.29, 1.82) is 0 Å². The molecule has 0 atom stereocenters. The fraction of sp³-hybridized carbons (Fsp3) is 0.250. The molecule has 0 unspecified atom stereocenters. The summed E-state index contributed by atoms with van der Waals surface area (Å²) in [5.41, 5.74) is 3.48. The van der Waals surface area contributed by atoms with Crippen LogP contribution in [-0.2, 0) is 16.1 Å². The van der Waals surface area contributed by atoms with Gasteiger partial charge < -0.3 is 9.47 Å². The van der Waals surface area contributed by atoms with Crippen LogP contribution >= 0.6 is 11.6 Å². The monoisotopic (exact) mass is 346 g/mol. The van der Waals surface area contributed by atoms with Crippen molar-refractivity contribution in [3.05, 3.63) is 46.4 Å². The van der Waals surface area contributed by atoms with Crippen molar-refractivity contribution in [2.45, 2.75) is 13.5 Å². The first kappa shape index (κ1) is 16.4. The van der Waals surface area contributed by atoms with E-state index in [0.29, 0.717) is 22.1 Å². The maximum atomic E-state index is 11.8. The van der Waals surface area contributed by atoms with Gasteiger partial charge in [0.15, 0.2) is 11.3 Å². The highest BCUT2D eigenvalue weighted by atomic mass is 35.5. The van der Waals surface area contributed by atoms with E-state index in [1.807, 2.05) is 18.2 Å². The number of carbonyl (C=O) groups is 1. The molecule has 124 valence electrons. The third-order valence-corrected chi connectivity index (χ3v) is 3.85. The van der Waals surface area contributed by atoms with E-state index in [1.54, 1.807) is 24.6 Å². The molecule has 0 N–H and O–H groups in total. The quantitative estimate of drug-likeness (QED) is 0.676. The molecule has 7 nitrogen and oxygen atoms in total. The van der Waals surface area contributed by atoms with Crippen molar-refractivity contribution in [1.82, 2.24) is 19.8 Å². The Bertz CT molecular complexity index is 923. The number of benzene rings is 1. The molecule has 0 amide bonds. The summed E-state index contributed by atoms with van der Waals surface area (Å²) in [7, 11) is 2.88. The van der Waals surface area contributed by atoms with Crippen molar-refractivity contribution in [3.63, 3.8) is 0 Å². The van der Waals surface area contributed by atoms with E-state index < -0.39 is 5.97 Å². The smallest absolute Gasteiger partial charge is 0.360 e. The second-order valence-corrected chi connectivity index (χ2v) is 5.56. The fourth-order valence-electron chi connectivity index (χ4n) is 2.51. The zero-order chi connectivity index (χ0) is 17.3. The minimum Gasteiger partial charge on any atom is -0.464 e. The second kappa shape index (κ2) is 6.54. The molecule has 8 heteroatoms. The summed E-state index contributed by atoms with van der Waals surface area (Å²) in [5, 5.41) is 13.3. The van der Waals surface area contributed by atoms with E-state index >= 15 is 0 Å². The maximum Gasteiger partial charge on any atom is 0.360 e. The van der Waals surface area contributed by atoms with Crippen molar-refractivity contribution < 1.29 is 14.3 Å². The van der Waals surface area contributed by atoms with E-state index in [4.69, 9.17) is 21.1 Å². The lowest BCUT2D eigenvalue weighted by atomic mass is 10.1. The number of hydrogen-bond donors (Lipinski definition) is 0. The first-order valence-electron chi connectivity index (χ1n) is 7.15. The lowest BCUT2D eigenvalue weighted by molar-refractivity contribution is 0.0590. The van der Waals surface area contributed by atoms with Crippen LogP contribution in [0.15, 0.2) is 24.3 Å². The Balaban J connectivity index is 2.29. The lowest BCUT2D eigenvalue weighted by Crippen LogP contribution is -2.12. The van der Waals surface area contributed by atoms with Gasteiger partial charge in [0, 0.05) is 12.1 Å². The first-order valence-corrected chi connectivity index (χ1v) is 7.52. The Morgan fingerprint density at radius 3 is 2.75 bits per heavy atom. The van der Waals surface area contributed by atoms with E-state index in [1.165, 1.54) is 7.11 Å². The van der Waals surface area contributed by atoms with Gasteiger partial charge in [0.1, 0.15) is 0 Å². The molecule has 2 aromatic heterocycles. The van der Waals surface area contributed by atoms with E-state index in [0.717, 1.165) is 11.1 Å². The molecular weight excluding hydrogens is 332 g/mol. The van der Waals surface area contributed by atoms with E-state index in [2.05, 4.69) is 15.3 Å². The molecule has 3 rings (SSSR count). The number of hydrogen-bond acceptors (Lipinski definition) is 6. The average molecular weight is 347 g/mol. The van der Waals surface area contributed by atoms with Crippen LogP contribution in [0.3, 0.4) is 0 Å². The summed E-state index contributed by atoms with van der Waals surface area (Å²) in [6.07, 6.45) is 0. The molecule has 0 saturated carbocycles. The predicted octanol–water partition coefficient (Wildman–Crippen LogP) is 2.69. The van der Waals surface area contributed by atoms with Gasteiger partial charge in [-0.1, -0.05) is 23.7 Å². The van der Waals surface area contributed by atoms with Crippen LogP contribution in [0.25, 0.3) is 16.8 Å². The Morgan fingerprint density at radius 2 is 2.08 bits per heavy atom. The third-order valence-electron chi connectivity index (χ3n) is 3.61. The lowest BCUT2D eigenvalue weighted by Gasteiger charge is -2.05. The number of aryl methyl sites for hydroxylation is 1. The van der Waals surface area contributed by atoms with Crippen molar-refractivity contribution in [3.8, 4) is 11.1 Å². The number of aromatic nitrogens is 4. The zero-order valence-corrected chi connectivity index (χ0v) is 14.2. The molecule has 0 aliphatic carbocycles. The number of fused-ring (bicyclic) bond motifs is 1. The molecule has 24 heavy (non-hydrogen) atoms. The molecule has 0 aliphatic rings. The zero-order valence-electron chi connectivity index (χ0n) is 13.4. The predicted molar refractivity (Wildman–Crippen MR) is 88.0 cm³/mol. The molecule has 3 aromatic rings. The number of ether oxygens (including phenoxy) is 2. The number of halogens is 1.